The summed E-state index contributed by atoms with van der Waals surface area (Å²) in [7, 11) is 1.88. The van der Waals surface area contributed by atoms with Crippen LogP contribution in [0.1, 0.15) is 35.5 Å². The maximum Gasteiger partial charge on any atom is 0.162 e. The Hall–Kier alpha value is -5.04. The van der Waals surface area contributed by atoms with E-state index in [9.17, 15) is 0 Å². The number of aryl methyl sites for hydroxylation is 1. The average Bonchev–Trinajstić information content (AvgIpc) is 3.55. The van der Waals surface area contributed by atoms with Crippen molar-refractivity contribution < 1.29 is 4.74 Å². The molecular weight excluding hydrogens is 500 g/mol. The summed E-state index contributed by atoms with van der Waals surface area (Å²) in [5, 5.41) is 13.1. The quantitative estimate of drug-likeness (QED) is 0.179. The molecule has 6 rings (SSSR count). The first-order chi connectivity index (χ1) is 19.6. The molecule has 3 N–H and O–H groups in total. The van der Waals surface area contributed by atoms with E-state index in [4.69, 9.17) is 15.5 Å². The van der Waals surface area contributed by atoms with Crippen LogP contribution in [0.4, 0.5) is 5.82 Å². The van der Waals surface area contributed by atoms with E-state index >= 15 is 0 Å². The summed E-state index contributed by atoms with van der Waals surface area (Å²) in [5.41, 5.74) is 13.1. The van der Waals surface area contributed by atoms with Crippen molar-refractivity contribution in [1.82, 2.24) is 34.7 Å². The molecule has 0 bridgehead atoms. The Bertz CT molecular complexity index is 1860. The maximum atomic E-state index is 6.09. The number of nitrogens with two attached hydrogens (primary N) is 1. The van der Waals surface area contributed by atoms with Crippen molar-refractivity contribution in [3.8, 4) is 23.0 Å². The Labute approximate surface area is 231 Å². The third-order valence-corrected chi connectivity index (χ3v) is 6.68. The molecule has 0 amide bonds. The molecule has 0 saturated heterocycles. The van der Waals surface area contributed by atoms with Gasteiger partial charge in [0.05, 0.1) is 30.1 Å². The van der Waals surface area contributed by atoms with E-state index in [1.54, 1.807) is 15.4 Å². The SMILES string of the molecule is CC(NCOCc1c(N)nn2cccnc12)c1nc2cccc(C#Cc3ccn(C)n3)c2cc1-c1ccccc1. The minimum Gasteiger partial charge on any atom is -0.382 e. The van der Waals surface area contributed by atoms with E-state index in [1.807, 2.05) is 68.0 Å². The fourth-order valence-corrected chi connectivity index (χ4v) is 4.64. The monoisotopic (exact) mass is 528 g/mol. The van der Waals surface area contributed by atoms with E-state index in [0.29, 0.717) is 24.8 Å². The van der Waals surface area contributed by atoms with E-state index < -0.39 is 0 Å². The van der Waals surface area contributed by atoms with E-state index in [2.05, 4.69) is 57.5 Å². The third-order valence-electron chi connectivity index (χ3n) is 6.68. The maximum absolute atomic E-state index is 6.09. The smallest absolute Gasteiger partial charge is 0.162 e. The summed E-state index contributed by atoms with van der Waals surface area (Å²) in [6.07, 6.45) is 5.41. The van der Waals surface area contributed by atoms with Gasteiger partial charge in [-0.2, -0.15) is 5.10 Å². The molecule has 40 heavy (non-hydrogen) atoms. The summed E-state index contributed by atoms with van der Waals surface area (Å²) in [6, 6.07) is 22.1. The first kappa shape index (κ1) is 25.2. The molecule has 4 aromatic heterocycles. The molecule has 9 nitrogen and oxygen atoms in total. The highest BCUT2D eigenvalue weighted by molar-refractivity contribution is 5.90. The zero-order chi connectivity index (χ0) is 27.5. The molecule has 1 atom stereocenters. The van der Waals surface area contributed by atoms with Crippen molar-refractivity contribution in [2.24, 2.45) is 7.05 Å². The molecule has 0 aliphatic heterocycles. The van der Waals surface area contributed by atoms with Gasteiger partial charge >= 0.3 is 0 Å². The van der Waals surface area contributed by atoms with Gasteiger partial charge in [0.2, 0.25) is 0 Å². The number of nitrogen functional groups attached to an aromatic ring is 1. The van der Waals surface area contributed by atoms with E-state index in [-0.39, 0.29) is 6.04 Å². The molecule has 198 valence electrons. The predicted molar refractivity (Wildman–Crippen MR) is 155 cm³/mol. The lowest BCUT2D eigenvalue weighted by molar-refractivity contribution is 0.0974. The van der Waals surface area contributed by atoms with Crippen LogP contribution in [0.3, 0.4) is 0 Å². The molecule has 0 radical (unpaired) electrons. The van der Waals surface area contributed by atoms with E-state index in [0.717, 1.165) is 44.5 Å². The normalized spacial score (nSPS) is 11.9. The van der Waals surface area contributed by atoms with Gasteiger partial charge in [-0.05, 0) is 48.7 Å². The molecule has 0 aliphatic rings. The molecule has 4 heterocycles. The lowest BCUT2D eigenvalue weighted by Crippen LogP contribution is -2.23. The van der Waals surface area contributed by atoms with Gasteiger partial charge in [0.1, 0.15) is 5.69 Å². The Morgan fingerprint density at radius 3 is 2.70 bits per heavy atom. The van der Waals surface area contributed by atoms with Crippen molar-refractivity contribution in [2.45, 2.75) is 19.6 Å². The van der Waals surface area contributed by atoms with Crippen LogP contribution in [0.15, 0.2) is 85.3 Å². The summed E-state index contributed by atoms with van der Waals surface area (Å²) in [6.45, 7) is 2.68. The molecular formula is C31H28N8O. The minimum atomic E-state index is -0.0951. The Balaban J connectivity index is 1.27. The predicted octanol–water partition coefficient (Wildman–Crippen LogP) is 4.48. The van der Waals surface area contributed by atoms with Crippen LogP contribution in [-0.2, 0) is 18.4 Å². The molecule has 1 unspecified atom stereocenters. The summed E-state index contributed by atoms with van der Waals surface area (Å²) < 4.78 is 9.35. The molecule has 2 aromatic carbocycles. The van der Waals surface area contributed by atoms with E-state index in [1.165, 1.54) is 0 Å². The van der Waals surface area contributed by atoms with Gasteiger partial charge in [-0.3, -0.25) is 15.0 Å². The molecule has 0 spiro atoms. The van der Waals surface area contributed by atoms with Gasteiger partial charge in [0.15, 0.2) is 11.5 Å². The van der Waals surface area contributed by atoms with Crippen molar-refractivity contribution in [1.29, 1.82) is 0 Å². The van der Waals surface area contributed by atoms with Crippen LogP contribution in [0.5, 0.6) is 0 Å². The Kier molecular flexibility index (Phi) is 6.93. The topological polar surface area (TPSA) is 108 Å². The highest BCUT2D eigenvalue weighted by atomic mass is 16.5. The number of hydrogen-bond donors (Lipinski definition) is 2. The standard InChI is InChI=1S/C31H28N8O/c1-21(34-20-40-19-27-30(32)37-39-16-7-15-33-31(27)39)29-26(22-8-4-3-5-9-22)18-25-23(10-6-11-28(25)35-29)12-13-24-14-17-38(2)36-24/h3-11,14-18,21,34H,19-20H2,1-2H3,(H2,32,37). The van der Waals surface area contributed by atoms with Gasteiger partial charge in [-0.15, -0.1) is 5.10 Å². The van der Waals surface area contributed by atoms with Crippen LogP contribution in [-0.4, -0.2) is 36.1 Å². The van der Waals surface area contributed by atoms with Crippen LogP contribution in [0.25, 0.3) is 27.7 Å². The Morgan fingerprint density at radius 1 is 1.00 bits per heavy atom. The fraction of sp³-hybridized carbons (Fsp3) is 0.161. The van der Waals surface area contributed by atoms with Crippen molar-refractivity contribution in [2.75, 3.05) is 12.5 Å². The second-order valence-corrected chi connectivity index (χ2v) is 9.45. The first-order valence-electron chi connectivity index (χ1n) is 13.0. The molecule has 9 heteroatoms. The highest BCUT2D eigenvalue weighted by Gasteiger charge is 2.17. The van der Waals surface area contributed by atoms with Crippen molar-refractivity contribution >= 4 is 22.4 Å². The molecule has 0 aliphatic carbocycles. The molecule has 6 aromatic rings. The number of nitrogens with one attached hydrogen (secondary N) is 1. The summed E-state index contributed by atoms with van der Waals surface area (Å²) >= 11 is 0. The number of anilines is 1. The molecule has 0 fully saturated rings. The van der Waals surface area contributed by atoms with Crippen LogP contribution < -0.4 is 11.1 Å². The summed E-state index contributed by atoms with van der Waals surface area (Å²) in [4.78, 5) is 9.48. The number of benzene rings is 2. The number of fused-ring (bicyclic) bond motifs is 2. The van der Waals surface area contributed by atoms with Crippen LogP contribution in [0.2, 0.25) is 0 Å². The minimum absolute atomic E-state index is 0.0951. The van der Waals surface area contributed by atoms with Gasteiger partial charge in [-0.25, -0.2) is 9.50 Å². The van der Waals surface area contributed by atoms with Crippen LogP contribution >= 0.6 is 0 Å². The average molecular weight is 529 g/mol. The van der Waals surface area contributed by atoms with Gasteiger partial charge in [0.25, 0.3) is 0 Å². The first-order valence-corrected chi connectivity index (χ1v) is 13.0. The van der Waals surface area contributed by atoms with Crippen molar-refractivity contribution in [3.05, 3.63) is 108 Å². The van der Waals surface area contributed by atoms with Crippen LogP contribution in [0, 0.1) is 11.8 Å². The number of aromatic nitrogens is 6. The number of pyridine rings is 1. The second-order valence-electron chi connectivity index (χ2n) is 9.45. The van der Waals surface area contributed by atoms with Gasteiger partial charge in [0, 0.05) is 48.2 Å². The zero-order valence-electron chi connectivity index (χ0n) is 22.2. The summed E-state index contributed by atoms with van der Waals surface area (Å²) in [5.74, 6) is 6.88. The second kappa shape index (κ2) is 11.0. The fourth-order valence-electron chi connectivity index (χ4n) is 4.64. The largest absolute Gasteiger partial charge is 0.382 e. The van der Waals surface area contributed by atoms with Gasteiger partial charge in [-0.1, -0.05) is 42.3 Å². The van der Waals surface area contributed by atoms with Crippen molar-refractivity contribution in [3.63, 3.8) is 0 Å². The zero-order valence-corrected chi connectivity index (χ0v) is 22.2. The lowest BCUT2D eigenvalue weighted by Gasteiger charge is -2.19. The lowest BCUT2D eigenvalue weighted by atomic mass is 9.96. The highest BCUT2D eigenvalue weighted by Crippen LogP contribution is 2.31. The Morgan fingerprint density at radius 2 is 1.88 bits per heavy atom. The number of hydrogen-bond acceptors (Lipinski definition) is 7. The van der Waals surface area contributed by atoms with Gasteiger partial charge < -0.3 is 10.5 Å². The number of ether oxygens (including phenoxy) is 1. The molecule has 0 saturated carbocycles. The third kappa shape index (κ3) is 5.14. The number of rotatable bonds is 7. The number of nitrogens with zero attached hydrogens (tertiary/aromatic N) is 6.